The van der Waals surface area contributed by atoms with Crippen LogP contribution < -0.4 is 5.32 Å². The molecular weight excluding hydrogens is 336 g/mol. The van der Waals surface area contributed by atoms with Crippen LogP contribution in [0.15, 0.2) is 22.8 Å². The zero-order chi connectivity index (χ0) is 15.5. The molecule has 21 heavy (non-hydrogen) atoms. The molecule has 0 aliphatic heterocycles. The molecule has 1 aromatic heterocycles. The van der Waals surface area contributed by atoms with Gasteiger partial charge in [-0.05, 0) is 59.7 Å². The number of carboxylic acid groups (broad SMARTS) is 1. The van der Waals surface area contributed by atoms with Crippen molar-refractivity contribution in [3.8, 4) is 0 Å². The number of carbonyl (C=O) groups is 2. The van der Waals surface area contributed by atoms with Crippen LogP contribution in [0.3, 0.4) is 0 Å². The molecule has 0 radical (unpaired) electrons. The van der Waals surface area contributed by atoms with Crippen molar-refractivity contribution < 1.29 is 14.7 Å². The van der Waals surface area contributed by atoms with E-state index >= 15 is 0 Å². The van der Waals surface area contributed by atoms with E-state index in [1.807, 2.05) is 0 Å². The molecule has 2 rings (SSSR count). The summed E-state index contributed by atoms with van der Waals surface area (Å²) in [5, 5.41) is 12.3. The molecule has 0 spiro atoms. The van der Waals surface area contributed by atoms with E-state index in [-0.39, 0.29) is 18.1 Å². The first-order valence-corrected chi connectivity index (χ1v) is 7.86. The van der Waals surface area contributed by atoms with Crippen LogP contribution in [0.25, 0.3) is 0 Å². The fourth-order valence-corrected chi connectivity index (χ4v) is 3.10. The average Bonchev–Trinajstić information content (AvgIpc) is 2.47. The number of carbonyl (C=O) groups excluding carboxylic acids is 1. The number of aliphatic carboxylic acids is 1. The zero-order valence-electron chi connectivity index (χ0n) is 11.9. The van der Waals surface area contributed by atoms with Crippen LogP contribution >= 0.6 is 15.9 Å². The van der Waals surface area contributed by atoms with Crippen molar-refractivity contribution in [2.45, 2.75) is 32.6 Å². The van der Waals surface area contributed by atoms with Gasteiger partial charge >= 0.3 is 5.97 Å². The number of amides is 1. The molecule has 1 heterocycles. The van der Waals surface area contributed by atoms with E-state index in [1.54, 1.807) is 12.1 Å². The average molecular weight is 355 g/mol. The van der Waals surface area contributed by atoms with Crippen LogP contribution in [-0.4, -0.2) is 28.5 Å². The van der Waals surface area contributed by atoms with E-state index < -0.39 is 11.4 Å². The summed E-state index contributed by atoms with van der Waals surface area (Å²) in [6.07, 6.45) is 4.51. The Bertz CT molecular complexity index is 539. The van der Waals surface area contributed by atoms with Crippen LogP contribution in [0.4, 0.5) is 0 Å². The Morgan fingerprint density at radius 3 is 2.71 bits per heavy atom. The number of halogens is 1. The lowest BCUT2D eigenvalue weighted by Gasteiger charge is -2.35. The summed E-state index contributed by atoms with van der Waals surface area (Å²) < 4.78 is 0.601. The number of hydrogen-bond acceptors (Lipinski definition) is 3. The van der Waals surface area contributed by atoms with Crippen molar-refractivity contribution in [2.75, 3.05) is 6.54 Å². The third-order valence-electron chi connectivity index (χ3n) is 4.25. The molecular formula is C15H19BrN2O3. The van der Waals surface area contributed by atoms with Gasteiger partial charge in [0.1, 0.15) is 5.69 Å². The molecule has 1 fully saturated rings. The lowest BCUT2D eigenvalue weighted by molar-refractivity contribution is -0.151. The van der Waals surface area contributed by atoms with Crippen LogP contribution in [0.5, 0.6) is 0 Å². The molecule has 114 valence electrons. The normalized spacial score (nSPS) is 25.3. The highest BCUT2D eigenvalue weighted by atomic mass is 79.9. The number of hydrogen-bond donors (Lipinski definition) is 2. The van der Waals surface area contributed by atoms with Gasteiger partial charge in [-0.1, -0.05) is 6.92 Å². The van der Waals surface area contributed by atoms with E-state index in [1.165, 1.54) is 6.20 Å². The summed E-state index contributed by atoms with van der Waals surface area (Å²) in [5.41, 5.74) is -0.564. The largest absolute Gasteiger partial charge is 0.481 e. The third-order valence-corrected chi connectivity index (χ3v) is 4.89. The fourth-order valence-electron chi connectivity index (χ4n) is 2.67. The Hall–Kier alpha value is -1.43. The topological polar surface area (TPSA) is 79.3 Å². The smallest absolute Gasteiger partial charge is 0.311 e. The Kier molecular flexibility index (Phi) is 4.98. The highest BCUT2D eigenvalue weighted by Crippen LogP contribution is 2.38. The Balaban J connectivity index is 2.04. The van der Waals surface area contributed by atoms with Crippen molar-refractivity contribution >= 4 is 27.8 Å². The predicted molar refractivity (Wildman–Crippen MR) is 82.0 cm³/mol. The van der Waals surface area contributed by atoms with Gasteiger partial charge < -0.3 is 10.4 Å². The highest BCUT2D eigenvalue weighted by molar-refractivity contribution is 9.10. The molecule has 0 unspecified atom stereocenters. The summed E-state index contributed by atoms with van der Waals surface area (Å²) in [7, 11) is 0. The molecule has 1 aliphatic carbocycles. The van der Waals surface area contributed by atoms with Gasteiger partial charge in [-0.15, -0.1) is 0 Å². The summed E-state index contributed by atoms with van der Waals surface area (Å²) >= 11 is 3.27. The van der Waals surface area contributed by atoms with Gasteiger partial charge in [0, 0.05) is 17.2 Å². The second-order valence-corrected chi connectivity index (χ2v) is 6.64. The van der Waals surface area contributed by atoms with E-state index in [2.05, 4.69) is 33.2 Å². The minimum Gasteiger partial charge on any atom is -0.481 e. The standard InChI is InChI=1S/C15H19BrN2O3/c1-10-4-6-15(7-5-10,14(20)21)9-18-13(19)12-11(16)3-2-8-17-12/h2-3,8,10H,4-7,9H2,1H3,(H,18,19)(H,20,21). The lowest BCUT2D eigenvalue weighted by Crippen LogP contribution is -2.45. The quantitative estimate of drug-likeness (QED) is 0.871. The van der Waals surface area contributed by atoms with E-state index in [0.717, 1.165) is 12.8 Å². The molecule has 0 saturated heterocycles. The maximum Gasteiger partial charge on any atom is 0.311 e. The van der Waals surface area contributed by atoms with Crippen LogP contribution in [-0.2, 0) is 4.79 Å². The second kappa shape index (κ2) is 6.56. The molecule has 6 heteroatoms. The zero-order valence-corrected chi connectivity index (χ0v) is 13.5. The molecule has 5 nitrogen and oxygen atoms in total. The second-order valence-electron chi connectivity index (χ2n) is 5.78. The van der Waals surface area contributed by atoms with Crippen molar-refractivity contribution in [1.82, 2.24) is 10.3 Å². The molecule has 1 amide bonds. The Morgan fingerprint density at radius 2 is 2.14 bits per heavy atom. The molecule has 1 aromatic rings. The lowest BCUT2D eigenvalue weighted by atomic mass is 9.71. The number of carboxylic acids is 1. The van der Waals surface area contributed by atoms with Gasteiger partial charge in [0.25, 0.3) is 5.91 Å². The number of nitrogens with zero attached hydrogens (tertiary/aromatic N) is 1. The predicted octanol–water partition coefficient (Wildman–Crippen LogP) is 2.86. The van der Waals surface area contributed by atoms with Crippen molar-refractivity contribution in [3.63, 3.8) is 0 Å². The van der Waals surface area contributed by atoms with Crippen molar-refractivity contribution in [3.05, 3.63) is 28.5 Å². The van der Waals surface area contributed by atoms with Crippen molar-refractivity contribution in [1.29, 1.82) is 0 Å². The maximum absolute atomic E-state index is 12.1. The van der Waals surface area contributed by atoms with Crippen LogP contribution in [0.2, 0.25) is 0 Å². The number of pyridine rings is 1. The van der Waals surface area contributed by atoms with Gasteiger partial charge in [0.15, 0.2) is 0 Å². The first-order chi connectivity index (χ1) is 9.94. The molecule has 0 aromatic carbocycles. The van der Waals surface area contributed by atoms with Gasteiger partial charge in [0.2, 0.25) is 0 Å². The fraction of sp³-hybridized carbons (Fsp3) is 0.533. The third kappa shape index (κ3) is 3.61. The minimum atomic E-state index is -0.844. The molecule has 0 bridgehead atoms. The first-order valence-electron chi connectivity index (χ1n) is 7.07. The first kappa shape index (κ1) is 15.9. The van der Waals surface area contributed by atoms with E-state index in [9.17, 15) is 14.7 Å². The maximum atomic E-state index is 12.1. The number of nitrogens with one attached hydrogen (secondary N) is 1. The van der Waals surface area contributed by atoms with Gasteiger partial charge in [-0.25, -0.2) is 4.98 Å². The molecule has 1 aliphatic rings. The summed E-state index contributed by atoms with van der Waals surface area (Å²) in [4.78, 5) is 27.8. The van der Waals surface area contributed by atoms with Crippen molar-refractivity contribution in [2.24, 2.45) is 11.3 Å². The summed E-state index contributed by atoms with van der Waals surface area (Å²) in [6.45, 7) is 2.28. The Morgan fingerprint density at radius 1 is 1.48 bits per heavy atom. The molecule has 0 atom stereocenters. The summed E-state index contributed by atoms with van der Waals surface area (Å²) in [5.74, 6) is -0.616. The number of rotatable bonds is 4. The van der Waals surface area contributed by atoms with E-state index in [4.69, 9.17) is 0 Å². The van der Waals surface area contributed by atoms with Gasteiger partial charge in [-0.3, -0.25) is 9.59 Å². The minimum absolute atomic E-state index is 0.150. The van der Waals surface area contributed by atoms with E-state index in [0.29, 0.717) is 23.2 Å². The molecule has 1 saturated carbocycles. The Labute approximate surface area is 132 Å². The SMILES string of the molecule is CC1CCC(CNC(=O)c2ncccc2Br)(C(=O)O)CC1. The summed E-state index contributed by atoms with van der Waals surface area (Å²) in [6, 6.07) is 3.46. The molecule has 2 N–H and O–H groups in total. The number of aromatic nitrogens is 1. The van der Waals surface area contributed by atoms with Gasteiger partial charge in [-0.2, -0.15) is 0 Å². The van der Waals surface area contributed by atoms with Crippen LogP contribution in [0.1, 0.15) is 43.1 Å². The van der Waals surface area contributed by atoms with Crippen LogP contribution in [0, 0.1) is 11.3 Å². The monoisotopic (exact) mass is 354 g/mol. The highest BCUT2D eigenvalue weighted by Gasteiger charge is 2.41. The van der Waals surface area contributed by atoms with Gasteiger partial charge in [0.05, 0.1) is 5.41 Å².